The third-order valence-electron chi connectivity index (χ3n) is 3.28. The minimum Gasteiger partial charge on any atom is -0.497 e. The lowest BCUT2D eigenvalue weighted by Crippen LogP contribution is -2.00. The minimum absolute atomic E-state index is 0.408. The van der Waals surface area contributed by atoms with Crippen LogP contribution >= 0.6 is 0 Å². The maximum atomic E-state index is 13.6. The topological polar surface area (TPSA) is 64.2 Å². The van der Waals surface area contributed by atoms with Gasteiger partial charge in [-0.15, -0.1) is 0 Å². The van der Waals surface area contributed by atoms with Crippen LogP contribution in [0.4, 0.5) is 4.39 Å². The molecule has 22 heavy (non-hydrogen) atoms. The van der Waals surface area contributed by atoms with Crippen LogP contribution in [0.2, 0.25) is 0 Å². The van der Waals surface area contributed by atoms with E-state index >= 15 is 0 Å². The molecule has 6 heteroatoms. The smallest absolute Gasteiger partial charge is 0.337 e. The number of esters is 1. The summed E-state index contributed by atoms with van der Waals surface area (Å²) in [5.41, 5.74) is 2.32. The number of carbonyl (C=O) groups excluding carboxylic acids is 1. The highest BCUT2D eigenvalue weighted by molar-refractivity contribution is 5.94. The summed E-state index contributed by atoms with van der Waals surface area (Å²) >= 11 is 0. The second-order valence-corrected chi connectivity index (χ2v) is 4.69. The van der Waals surface area contributed by atoms with Crippen molar-refractivity contribution in [1.82, 2.24) is 9.97 Å². The number of halogens is 1. The molecule has 0 atom stereocenters. The number of rotatable bonds is 3. The molecule has 0 fully saturated rings. The van der Waals surface area contributed by atoms with E-state index < -0.39 is 11.8 Å². The number of H-pyrrole nitrogens is 1. The van der Waals surface area contributed by atoms with Crippen LogP contribution in [-0.4, -0.2) is 30.2 Å². The first-order valence-electron chi connectivity index (χ1n) is 6.54. The standard InChI is InChI=1S/C16H13FN2O3/c1-21-12-6-10(5-11(17)8-12)15-18-13-4-3-9(16(20)22-2)7-14(13)19-15/h3-8H,1-2H3,(H,18,19). The van der Waals surface area contributed by atoms with Crippen LogP contribution in [0.3, 0.4) is 0 Å². The molecule has 5 nitrogen and oxygen atoms in total. The minimum atomic E-state index is -0.425. The molecule has 112 valence electrons. The predicted octanol–water partition coefficient (Wildman–Crippen LogP) is 3.16. The highest BCUT2D eigenvalue weighted by Crippen LogP contribution is 2.26. The summed E-state index contributed by atoms with van der Waals surface area (Å²) in [6, 6.07) is 9.32. The van der Waals surface area contributed by atoms with Crippen LogP contribution in [-0.2, 0) is 4.74 Å². The Labute approximate surface area is 125 Å². The Morgan fingerprint density at radius 2 is 2.00 bits per heavy atom. The Bertz CT molecular complexity index is 858. The van der Waals surface area contributed by atoms with Crippen LogP contribution in [0, 0.1) is 5.82 Å². The van der Waals surface area contributed by atoms with Gasteiger partial charge in [0.25, 0.3) is 0 Å². The van der Waals surface area contributed by atoms with Gasteiger partial charge in [0.15, 0.2) is 0 Å². The average Bonchev–Trinajstić information content (AvgIpc) is 2.96. The number of hydrogen-bond acceptors (Lipinski definition) is 4. The summed E-state index contributed by atoms with van der Waals surface area (Å²) in [6.45, 7) is 0. The molecule has 1 N–H and O–H groups in total. The largest absolute Gasteiger partial charge is 0.497 e. The van der Waals surface area contributed by atoms with Crippen molar-refractivity contribution in [2.75, 3.05) is 14.2 Å². The number of carbonyl (C=O) groups is 1. The quantitative estimate of drug-likeness (QED) is 0.755. The maximum Gasteiger partial charge on any atom is 0.337 e. The van der Waals surface area contributed by atoms with Gasteiger partial charge in [0, 0.05) is 11.6 Å². The van der Waals surface area contributed by atoms with Crippen molar-refractivity contribution in [1.29, 1.82) is 0 Å². The lowest BCUT2D eigenvalue weighted by atomic mass is 10.2. The normalized spacial score (nSPS) is 10.7. The van der Waals surface area contributed by atoms with E-state index in [1.807, 2.05) is 0 Å². The van der Waals surface area contributed by atoms with Crippen LogP contribution < -0.4 is 4.74 Å². The summed E-state index contributed by atoms with van der Waals surface area (Å²) in [5, 5.41) is 0. The van der Waals surface area contributed by atoms with Crippen LogP contribution in [0.5, 0.6) is 5.75 Å². The van der Waals surface area contributed by atoms with Crippen LogP contribution in [0.25, 0.3) is 22.4 Å². The van der Waals surface area contributed by atoms with Gasteiger partial charge in [-0.25, -0.2) is 14.2 Å². The van der Waals surface area contributed by atoms with Gasteiger partial charge in [0.1, 0.15) is 17.4 Å². The number of benzene rings is 2. The first-order valence-corrected chi connectivity index (χ1v) is 6.54. The van der Waals surface area contributed by atoms with Crippen molar-refractivity contribution in [3.8, 4) is 17.1 Å². The Morgan fingerprint density at radius 3 is 2.73 bits per heavy atom. The Balaban J connectivity index is 2.08. The number of methoxy groups -OCH3 is 2. The summed E-state index contributed by atoms with van der Waals surface area (Å²) in [5.74, 6) is 0.0658. The molecule has 0 radical (unpaired) electrons. The number of aromatic nitrogens is 2. The SMILES string of the molecule is COC(=O)c1ccc2nc(-c3cc(F)cc(OC)c3)[nH]c2c1. The number of imidazole rings is 1. The lowest BCUT2D eigenvalue weighted by molar-refractivity contribution is 0.0601. The molecule has 1 aromatic heterocycles. The van der Waals surface area contributed by atoms with E-state index in [9.17, 15) is 9.18 Å². The second-order valence-electron chi connectivity index (χ2n) is 4.69. The highest BCUT2D eigenvalue weighted by Gasteiger charge is 2.11. The molecule has 0 saturated heterocycles. The van der Waals surface area contributed by atoms with E-state index in [0.29, 0.717) is 33.7 Å². The Kier molecular flexibility index (Phi) is 3.50. The van der Waals surface area contributed by atoms with E-state index in [1.165, 1.54) is 26.4 Å². The van der Waals surface area contributed by atoms with Crippen molar-refractivity contribution >= 4 is 17.0 Å². The zero-order valence-corrected chi connectivity index (χ0v) is 12.0. The van der Waals surface area contributed by atoms with Crippen molar-refractivity contribution < 1.29 is 18.7 Å². The summed E-state index contributed by atoms with van der Waals surface area (Å²) < 4.78 is 23.3. The molecule has 0 saturated carbocycles. The lowest BCUT2D eigenvalue weighted by Gasteiger charge is -2.02. The van der Waals surface area contributed by atoms with Gasteiger partial charge in [-0.2, -0.15) is 0 Å². The molecule has 3 rings (SSSR count). The summed E-state index contributed by atoms with van der Waals surface area (Å²) in [7, 11) is 2.80. The number of nitrogens with zero attached hydrogens (tertiary/aromatic N) is 1. The van der Waals surface area contributed by atoms with Gasteiger partial charge in [-0.3, -0.25) is 0 Å². The monoisotopic (exact) mass is 300 g/mol. The molecule has 0 bridgehead atoms. The summed E-state index contributed by atoms with van der Waals surface area (Å²) in [4.78, 5) is 19.0. The second kappa shape index (κ2) is 5.48. The summed E-state index contributed by atoms with van der Waals surface area (Å²) in [6.07, 6.45) is 0. The van der Waals surface area contributed by atoms with E-state index in [4.69, 9.17) is 4.74 Å². The van der Waals surface area contributed by atoms with Crippen LogP contribution in [0.1, 0.15) is 10.4 Å². The highest BCUT2D eigenvalue weighted by atomic mass is 19.1. The van der Waals surface area contributed by atoms with Gasteiger partial charge in [0.05, 0.1) is 30.8 Å². The van der Waals surface area contributed by atoms with E-state index in [1.54, 1.807) is 24.3 Å². The van der Waals surface area contributed by atoms with Gasteiger partial charge < -0.3 is 14.5 Å². The molecule has 1 heterocycles. The van der Waals surface area contributed by atoms with Crippen molar-refractivity contribution in [3.63, 3.8) is 0 Å². The Morgan fingerprint density at radius 1 is 1.18 bits per heavy atom. The number of fused-ring (bicyclic) bond motifs is 1. The fourth-order valence-corrected chi connectivity index (χ4v) is 2.21. The molecular formula is C16H13FN2O3. The molecule has 0 unspecified atom stereocenters. The molecule has 3 aromatic rings. The predicted molar refractivity (Wildman–Crippen MR) is 79.4 cm³/mol. The molecule has 0 spiro atoms. The van der Waals surface area contributed by atoms with Gasteiger partial charge in [-0.1, -0.05) is 0 Å². The maximum absolute atomic E-state index is 13.6. The third-order valence-corrected chi connectivity index (χ3v) is 3.28. The fourth-order valence-electron chi connectivity index (χ4n) is 2.21. The van der Waals surface area contributed by atoms with Gasteiger partial charge in [-0.05, 0) is 30.3 Å². The number of ether oxygens (including phenoxy) is 2. The van der Waals surface area contributed by atoms with Gasteiger partial charge >= 0.3 is 5.97 Å². The van der Waals surface area contributed by atoms with E-state index in [2.05, 4.69) is 14.7 Å². The van der Waals surface area contributed by atoms with Crippen molar-refractivity contribution in [2.24, 2.45) is 0 Å². The zero-order valence-electron chi connectivity index (χ0n) is 12.0. The Hall–Kier alpha value is -2.89. The van der Waals surface area contributed by atoms with Gasteiger partial charge in [0.2, 0.25) is 0 Å². The average molecular weight is 300 g/mol. The zero-order chi connectivity index (χ0) is 15.7. The molecular weight excluding hydrogens is 287 g/mol. The third kappa shape index (κ3) is 2.50. The molecule has 0 aliphatic rings. The molecule has 0 aliphatic heterocycles. The number of nitrogens with one attached hydrogen (secondary N) is 1. The first kappa shape index (κ1) is 14.1. The first-order chi connectivity index (χ1) is 10.6. The van der Waals surface area contributed by atoms with Crippen molar-refractivity contribution in [2.45, 2.75) is 0 Å². The van der Waals surface area contributed by atoms with Crippen molar-refractivity contribution in [3.05, 3.63) is 47.8 Å². The number of hydrogen-bond donors (Lipinski definition) is 1. The number of aromatic amines is 1. The van der Waals surface area contributed by atoms with Crippen LogP contribution in [0.15, 0.2) is 36.4 Å². The molecule has 0 aliphatic carbocycles. The molecule has 2 aromatic carbocycles. The molecule has 0 amide bonds. The van der Waals surface area contributed by atoms with E-state index in [0.717, 1.165) is 0 Å². The fraction of sp³-hybridized carbons (Fsp3) is 0.125. The van der Waals surface area contributed by atoms with E-state index in [-0.39, 0.29) is 0 Å².